The Hall–Kier alpha value is -2.24. The van der Waals surface area contributed by atoms with Crippen molar-refractivity contribution < 1.29 is 19.4 Å². The van der Waals surface area contributed by atoms with Crippen molar-refractivity contribution in [2.75, 3.05) is 7.11 Å². The average Bonchev–Trinajstić information content (AvgIpc) is 2.40. The zero-order chi connectivity index (χ0) is 14.6. The Bertz CT molecular complexity index is 494. The van der Waals surface area contributed by atoms with Crippen LogP contribution in [0.3, 0.4) is 0 Å². The molecule has 108 valence electrons. The van der Waals surface area contributed by atoms with Crippen molar-refractivity contribution >= 4 is 12.0 Å². The highest BCUT2D eigenvalue weighted by molar-refractivity contribution is 5.87. The van der Waals surface area contributed by atoms with E-state index in [-0.39, 0.29) is 0 Å². The SMILES string of the molecule is COc1ccc(CNC(=O)NC2(C(=O)O)CCC2)cc1. The second-order valence-electron chi connectivity index (χ2n) is 4.90. The van der Waals surface area contributed by atoms with Crippen LogP contribution in [-0.4, -0.2) is 29.8 Å². The van der Waals surface area contributed by atoms with Gasteiger partial charge in [-0.05, 0) is 37.0 Å². The summed E-state index contributed by atoms with van der Waals surface area (Å²) in [6.45, 7) is 0.339. The molecule has 1 aliphatic rings. The van der Waals surface area contributed by atoms with E-state index in [0.29, 0.717) is 19.4 Å². The van der Waals surface area contributed by atoms with E-state index in [9.17, 15) is 9.59 Å². The lowest BCUT2D eigenvalue weighted by Gasteiger charge is -2.38. The summed E-state index contributed by atoms with van der Waals surface area (Å²) in [4.78, 5) is 22.9. The lowest BCUT2D eigenvalue weighted by atomic mass is 9.77. The van der Waals surface area contributed by atoms with Gasteiger partial charge in [-0.3, -0.25) is 0 Å². The van der Waals surface area contributed by atoms with Crippen molar-refractivity contribution in [2.45, 2.75) is 31.3 Å². The van der Waals surface area contributed by atoms with Crippen LogP contribution in [0.25, 0.3) is 0 Å². The minimum Gasteiger partial charge on any atom is -0.497 e. The Morgan fingerprint density at radius 3 is 2.40 bits per heavy atom. The molecule has 0 heterocycles. The number of urea groups is 1. The molecule has 6 heteroatoms. The average molecular weight is 278 g/mol. The molecule has 1 fully saturated rings. The van der Waals surface area contributed by atoms with E-state index in [1.807, 2.05) is 12.1 Å². The van der Waals surface area contributed by atoms with Gasteiger partial charge in [-0.1, -0.05) is 12.1 Å². The lowest BCUT2D eigenvalue weighted by molar-refractivity contribution is -0.148. The first-order valence-electron chi connectivity index (χ1n) is 6.48. The van der Waals surface area contributed by atoms with Crippen molar-refractivity contribution in [3.05, 3.63) is 29.8 Å². The summed E-state index contributed by atoms with van der Waals surface area (Å²) in [5.41, 5.74) is -0.164. The third-order valence-electron chi connectivity index (χ3n) is 3.58. The molecule has 20 heavy (non-hydrogen) atoms. The summed E-state index contributed by atoms with van der Waals surface area (Å²) in [5, 5.41) is 14.3. The van der Waals surface area contributed by atoms with Crippen LogP contribution in [0.5, 0.6) is 5.75 Å². The van der Waals surface area contributed by atoms with Gasteiger partial charge in [0, 0.05) is 6.54 Å². The van der Waals surface area contributed by atoms with Gasteiger partial charge in [0.15, 0.2) is 0 Å². The molecule has 2 rings (SSSR count). The van der Waals surface area contributed by atoms with Crippen molar-refractivity contribution in [2.24, 2.45) is 0 Å². The standard InChI is InChI=1S/C14H18N2O4/c1-20-11-5-3-10(4-6-11)9-15-13(19)16-14(12(17)18)7-2-8-14/h3-6H,2,7-9H2,1H3,(H,17,18)(H2,15,16,19). The Labute approximate surface area is 117 Å². The van der Waals surface area contributed by atoms with E-state index >= 15 is 0 Å². The monoisotopic (exact) mass is 278 g/mol. The maximum Gasteiger partial charge on any atom is 0.329 e. The molecule has 0 bridgehead atoms. The molecule has 0 aliphatic heterocycles. The smallest absolute Gasteiger partial charge is 0.329 e. The van der Waals surface area contributed by atoms with Gasteiger partial charge >= 0.3 is 12.0 Å². The largest absolute Gasteiger partial charge is 0.497 e. The molecule has 0 atom stereocenters. The van der Waals surface area contributed by atoms with Gasteiger partial charge in [0.05, 0.1) is 7.11 Å². The van der Waals surface area contributed by atoms with Gasteiger partial charge < -0.3 is 20.5 Å². The zero-order valence-corrected chi connectivity index (χ0v) is 11.3. The molecule has 1 aromatic rings. The van der Waals surface area contributed by atoms with Crippen molar-refractivity contribution in [3.8, 4) is 5.75 Å². The van der Waals surface area contributed by atoms with Crippen LogP contribution < -0.4 is 15.4 Å². The number of nitrogens with one attached hydrogen (secondary N) is 2. The van der Waals surface area contributed by atoms with E-state index in [4.69, 9.17) is 9.84 Å². The number of carbonyl (C=O) groups is 2. The lowest BCUT2D eigenvalue weighted by Crippen LogP contribution is -2.61. The van der Waals surface area contributed by atoms with E-state index < -0.39 is 17.5 Å². The summed E-state index contributed by atoms with van der Waals surface area (Å²) in [6.07, 6.45) is 1.79. The predicted molar refractivity (Wildman–Crippen MR) is 72.6 cm³/mol. The fourth-order valence-corrected chi connectivity index (χ4v) is 2.11. The molecule has 1 aliphatic carbocycles. The van der Waals surface area contributed by atoms with Gasteiger partial charge in [-0.15, -0.1) is 0 Å². The molecule has 0 unspecified atom stereocenters. The van der Waals surface area contributed by atoms with E-state index in [1.165, 1.54) is 0 Å². The van der Waals surface area contributed by atoms with Crippen LogP contribution in [0, 0.1) is 0 Å². The van der Waals surface area contributed by atoms with Crippen molar-refractivity contribution in [3.63, 3.8) is 0 Å². The number of carbonyl (C=O) groups excluding carboxylic acids is 1. The van der Waals surface area contributed by atoms with E-state index in [0.717, 1.165) is 17.7 Å². The number of amides is 2. The first kappa shape index (κ1) is 14.2. The molecule has 0 spiro atoms. The predicted octanol–water partition coefficient (Wildman–Crippen LogP) is 1.50. The Morgan fingerprint density at radius 1 is 1.30 bits per heavy atom. The van der Waals surface area contributed by atoms with Crippen molar-refractivity contribution in [1.82, 2.24) is 10.6 Å². The summed E-state index contributed by atoms with van der Waals surface area (Å²) in [7, 11) is 1.59. The molecular formula is C14H18N2O4. The number of hydrogen-bond acceptors (Lipinski definition) is 3. The van der Waals surface area contributed by atoms with Crippen LogP contribution in [0.1, 0.15) is 24.8 Å². The van der Waals surface area contributed by atoms with Crippen LogP contribution >= 0.6 is 0 Å². The van der Waals surface area contributed by atoms with E-state index in [2.05, 4.69) is 10.6 Å². The third-order valence-corrected chi connectivity index (χ3v) is 3.58. The number of carboxylic acid groups (broad SMARTS) is 1. The third kappa shape index (κ3) is 3.01. The van der Waals surface area contributed by atoms with Gasteiger partial charge in [0.25, 0.3) is 0 Å². The second-order valence-corrected chi connectivity index (χ2v) is 4.90. The fraction of sp³-hybridized carbons (Fsp3) is 0.429. The highest BCUT2D eigenvalue weighted by atomic mass is 16.5. The van der Waals surface area contributed by atoms with Crippen LogP contribution in [-0.2, 0) is 11.3 Å². The zero-order valence-electron chi connectivity index (χ0n) is 11.3. The quantitative estimate of drug-likeness (QED) is 0.761. The molecule has 2 amide bonds. The second kappa shape index (κ2) is 5.81. The van der Waals surface area contributed by atoms with Gasteiger partial charge in [-0.2, -0.15) is 0 Å². The van der Waals surface area contributed by atoms with Crippen LogP contribution in [0.15, 0.2) is 24.3 Å². The highest BCUT2D eigenvalue weighted by Gasteiger charge is 2.45. The number of methoxy groups -OCH3 is 1. The Morgan fingerprint density at radius 2 is 1.95 bits per heavy atom. The summed E-state index contributed by atoms with van der Waals surface area (Å²) in [6, 6.07) is 6.84. The van der Waals surface area contributed by atoms with Gasteiger partial charge in [0.1, 0.15) is 11.3 Å². The van der Waals surface area contributed by atoms with Crippen LogP contribution in [0.4, 0.5) is 4.79 Å². The molecule has 0 radical (unpaired) electrons. The molecule has 3 N–H and O–H groups in total. The first-order chi connectivity index (χ1) is 9.55. The maximum atomic E-state index is 11.7. The first-order valence-corrected chi connectivity index (χ1v) is 6.48. The molecule has 1 saturated carbocycles. The minimum absolute atomic E-state index is 0.339. The normalized spacial score (nSPS) is 15.8. The Balaban J connectivity index is 1.84. The topological polar surface area (TPSA) is 87.7 Å². The number of benzene rings is 1. The highest BCUT2D eigenvalue weighted by Crippen LogP contribution is 2.31. The summed E-state index contributed by atoms with van der Waals surface area (Å²) in [5.74, 6) is -0.221. The molecule has 1 aromatic carbocycles. The number of hydrogen-bond donors (Lipinski definition) is 3. The Kier molecular flexibility index (Phi) is 4.12. The number of carboxylic acids is 1. The summed E-state index contributed by atoms with van der Waals surface area (Å²) < 4.78 is 5.04. The van der Waals surface area contributed by atoms with Crippen molar-refractivity contribution in [1.29, 1.82) is 0 Å². The molecule has 0 saturated heterocycles. The number of rotatable bonds is 5. The molecular weight excluding hydrogens is 260 g/mol. The number of aliphatic carboxylic acids is 1. The summed E-state index contributed by atoms with van der Waals surface area (Å²) >= 11 is 0. The number of ether oxygens (including phenoxy) is 1. The molecule has 6 nitrogen and oxygen atoms in total. The fourth-order valence-electron chi connectivity index (χ4n) is 2.11. The minimum atomic E-state index is -1.08. The molecule has 0 aromatic heterocycles. The maximum absolute atomic E-state index is 11.7. The van der Waals surface area contributed by atoms with Gasteiger partial charge in [0.2, 0.25) is 0 Å². The van der Waals surface area contributed by atoms with E-state index in [1.54, 1.807) is 19.2 Å². The van der Waals surface area contributed by atoms with Gasteiger partial charge in [-0.25, -0.2) is 9.59 Å². The van der Waals surface area contributed by atoms with Crippen LogP contribution in [0.2, 0.25) is 0 Å².